The second-order valence-corrected chi connectivity index (χ2v) is 10.1. The third-order valence-electron chi connectivity index (χ3n) is 5.50. The van der Waals surface area contributed by atoms with Crippen molar-refractivity contribution in [2.24, 2.45) is 0 Å². The van der Waals surface area contributed by atoms with Crippen LogP contribution in [0.2, 0.25) is 10.0 Å². The van der Waals surface area contributed by atoms with Gasteiger partial charge in [-0.2, -0.15) is 0 Å². The fourth-order valence-electron chi connectivity index (χ4n) is 4.02. The number of carbonyl (C=O) groups is 2. The van der Waals surface area contributed by atoms with Crippen LogP contribution in [0.1, 0.15) is 59.8 Å². The molecule has 8 heteroatoms. The maximum absolute atomic E-state index is 13.4. The van der Waals surface area contributed by atoms with E-state index in [-0.39, 0.29) is 18.1 Å². The smallest absolute Gasteiger partial charge is 0.253 e. The Hall–Kier alpha value is -3.06. The predicted molar refractivity (Wildman–Crippen MR) is 136 cm³/mol. The summed E-state index contributed by atoms with van der Waals surface area (Å²) in [7, 11) is 0. The second kappa shape index (κ2) is 10.3. The summed E-state index contributed by atoms with van der Waals surface area (Å²) in [5, 5.41) is 3.74. The monoisotopic (exact) mass is 512 g/mol. The third kappa shape index (κ3) is 5.96. The Kier molecular flexibility index (Phi) is 7.36. The molecule has 2 N–H and O–H groups in total. The summed E-state index contributed by atoms with van der Waals surface area (Å²) in [6.07, 6.45) is 0. The molecular formula is C27H26Cl2N2O4. The number of ether oxygens (including phenoxy) is 1. The lowest BCUT2D eigenvalue weighted by molar-refractivity contribution is -0.137. The van der Waals surface area contributed by atoms with Crippen LogP contribution >= 0.6 is 23.2 Å². The van der Waals surface area contributed by atoms with Crippen molar-refractivity contribution in [2.75, 3.05) is 0 Å². The van der Waals surface area contributed by atoms with Gasteiger partial charge in [-0.15, -0.1) is 0 Å². The van der Waals surface area contributed by atoms with Crippen LogP contribution in [0, 0.1) is 0 Å². The Bertz CT molecular complexity index is 1240. The van der Waals surface area contributed by atoms with E-state index in [2.05, 4.69) is 10.8 Å². The van der Waals surface area contributed by atoms with Crippen LogP contribution in [-0.4, -0.2) is 17.4 Å². The normalized spacial score (nSPS) is 17.3. The number of benzene rings is 3. The quantitative estimate of drug-likeness (QED) is 0.397. The lowest BCUT2D eigenvalue weighted by Gasteiger charge is -2.33. The maximum Gasteiger partial charge on any atom is 0.253 e. The molecule has 35 heavy (non-hydrogen) atoms. The zero-order chi connectivity index (χ0) is 25.2. The highest BCUT2D eigenvalue weighted by atomic mass is 35.5. The highest BCUT2D eigenvalue weighted by Crippen LogP contribution is 2.40. The fraction of sp³-hybridized carbons (Fsp3) is 0.259. The van der Waals surface area contributed by atoms with Crippen LogP contribution in [0.3, 0.4) is 0 Å². The summed E-state index contributed by atoms with van der Waals surface area (Å²) in [5.74, 6) is -0.687. The van der Waals surface area contributed by atoms with Crippen molar-refractivity contribution in [3.63, 3.8) is 0 Å². The first kappa shape index (κ1) is 25.0. The Balaban J connectivity index is 1.51. The van der Waals surface area contributed by atoms with Crippen molar-refractivity contribution in [1.82, 2.24) is 10.8 Å². The van der Waals surface area contributed by atoms with Crippen LogP contribution < -0.4 is 15.5 Å². The lowest BCUT2D eigenvalue weighted by atomic mass is 9.80. The Labute approximate surface area is 214 Å². The zero-order valence-electron chi connectivity index (χ0n) is 19.6. The predicted octanol–water partition coefficient (Wildman–Crippen LogP) is 5.99. The Morgan fingerprint density at radius 1 is 1.00 bits per heavy atom. The third-order valence-corrected chi connectivity index (χ3v) is 6.06. The SMILES string of the molecule is CC(C)(C)Oc1ccc(CONC(=O)[C@@H]2c3ccccc3C(=O)N[C@H]2c2ccc(Cl)cc2Cl)cc1. The lowest BCUT2D eigenvalue weighted by Crippen LogP contribution is -2.44. The highest BCUT2D eigenvalue weighted by molar-refractivity contribution is 6.35. The minimum absolute atomic E-state index is 0.161. The molecule has 3 aromatic carbocycles. The van der Waals surface area contributed by atoms with Gasteiger partial charge in [-0.05, 0) is 67.8 Å². The average Bonchev–Trinajstić information content (AvgIpc) is 2.79. The van der Waals surface area contributed by atoms with E-state index in [0.717, 1.165) is 11.3 Å². The summed E-state index contributed by atoms with van der Waals surface area (Å²) in [5.41, 5.74) is 4.74. The topological polar surface area (TPSA) is 76.7 Å². The zero-order valence-corrected chi connectivity index (χ0v) is 21.1. The van der Waals surface area contributed by atoms with Gasteiger partial charge in [0.25, 0.3) is 11.8 Å². The van der Waals surface area contributed by atoms with Gasteiger partial charge in [-0.25, -0.2) is 5.48 Å². The average molecular weight is 513 g/mol. The molecule has 0 aromatic heterocycles. The molecule has 1 aliphatic heterocycles. The standard InChI is InChI=1S/C27H26Cl2N2O4/c1-27(2,3)35-18-11-8-16(9-12-18)15-34-31-26(33)23-19-6-4-5-7-20(19)25(32)30-24(23)21-13-10-17(28)14-22(21)29/h4-14,23-24H,15H2,1-3H3,(H,30,32)(H,31,33)/t23-,24+/m1/s1. The van der Waals surface area contributed by atoms with Crippen molar-refractivity contribution in [3.05, 3.63) is 99.0 Å². The van der Waals surface area contributed by atoms with Crippen molar-refractivity contribution in [3.8, 4) is 5.75 Å². The largest absolute Gasteiger partial charge is 0.488 e. The molecule has 0 bridgehead atoms. The van der Waals surface area contributed by atoms with Gasteiger partial charge in [-0.1, -0.05) is 59.6 Å². The first-order valence-electron chi connectivity index (χ1n) is 11.2. The molecule has 0 aliphatic carbocycles. The van der Waals surface area contributed by atoms with Gasteiger partial charge in [0.05, 0.1) is 18.6 Å². The van der Waals surface area contributed by atoms with Gasteiger partial charge in [0.2, 0.25) is 0 Å². The van der Waals surface area contributed by atoms with E-state index in [4.69, 9.17) is 32.8 Å². The maximum atomic E-state index is 13.4. The molecule has 2 amide bonds. The minimum Gasteiger partial charge on any atom is -0.488 e. The number of hydrogen-bond acceptors (Lipinski definition) is 4. The van der Waals surface area contributed by atoms with Gasteiger partial charge in [0.1, 0.15) is 11.4 Å². The second-order valence-electron chi connectivity index (χ2n) is 9.30. The molecule has 2 atom stereocenters. The van der Waals surface area contributed by atoms with Gasteiger partial charge >= 0.3 is 0 Å². The van der Waals surface area contributed by atoms with Crippen molar-refractivity contribution >= 4 is 35.0 Å². The van der Waals surface area contributed by atoms with Gasteiger partial charge in [0, 0.05) is 15.6 Å². The number of fused-ring (bicyclic) bond motifs is 1. The van der Waals surface area contributed by atoms with E-state index in [1.165, 1.54) is 0 Å². The van der Waals surface area contributed by atoms with Crippen LogP contribution in [0.4, 0.5) is 0 Å². The molecule has 4 rings (SSSR count). The van der Waals surface area contributed by atoms with Crippen molar-refractivity contribution < 1.29 is 19.2 Å². The molecule has 0 spiro atoms. The summed E-state index contributed by atoms with van der Waals surface area (Å²) >= 11 is 12.5. The number of nitrogens with one attached hydrogen (secondary N) is 2. The molecule has 0 saturated carbocycles. The Morgan fingerprint density at radius 3 is 2.40 bits per heavy atom. The summed E-state index contributed by atoms with van der Waals surface area (Å²) in [6, 6.07) is 18.7. The fourth-order valence-corrected chi connectivity index (χ4v) is 4.55. The minimum atomic E-state index is -0.759. The molecule has 0 saturated heterocycles. The number of rotatable bonds is 6. The molecule has 3 aromatic rings. The number of hydroxylamine groups is 1. The summed E-state index contributed by atoms with van der Waals surface area (Å²) in [4.78, 5) is 31.7. The van der Waals surface area contributed by atoms with Crippen LogP contribution in [0.25, 0.3) is 0 Å². The summed E-state index contributed by atoms with van der Waals surface area (Å²) < 4.78 is 5.83. The molecule has 1 heterocycles. The molecular weight excluding hydrogens is 487 g/mol. The molecule has 1 aliphatic rings. The number of halogens is 2. The summed E-state index contributed by atoms with van der Waals surface area (Å²) in [6.45, 7) is 6.11. The molecule has 6 nitrogen and oxygen atoms in total. The van der Waals surface area contributed by atoms with Gasteiger partial charge in [-0.3, -0.25) is 14.4 Å². The molecule has 0 unspecified atom stereocenters. The molecule has 0 fully saturated rings. The molecule has 0 radical (unpaired) electrons. The highest BCUT2D eigenvalue weighted by Gasteiger charge is 2.40. The van der Waals surface area contributed by atoms with Crippen molar-refractivity contribution in [2.45, 2.75) is 44.9 Å². The van der Waals surface area contributed by atoms with Gasteiger partial charge in [0.15, 0.2) is 0 Å². The number of amides is 2. The van der Waals surface area contributed by atoms with Crippen molar-refractivity contribution in [1.29, 1.82) is 0 Å². The van der Waals surface area contributed by atoms with E-state index >= 15 is 0 Å². The van der Waals surface area contributed by atoms with E-state index in [0.29, 0.717) is 26.7 Å². The first-order chi connectivity index (χ1) is 16.6. The van der Waals surface area contributed by atoms with Crippen LogP contribution in [-0.2, 0) is 16.2 Å². The Morgan fingerprint density at radius 2 is 1.71 bits per heavy atom. The van der Waals surface area contributed by atoms with E-state index in [1.54, 1.807) is 42.5 Å². The molecule has 182 valence electrons. The van der Waals surface area contributed by atoms with Gasteiger partial charge < -0.3 is 10.1 Å². The van der Waals surface area contributed by atoms with E-state index in [9.17, 15) is 9.59 Å². The van der Waals surface area contributed by atoms with Crippen LogP contribution in [0.5, 0.6) is 5.75 Å². The van der Waals surface area contributed by atoms with E-state index in [1.807, 2.05) is 45.0 Å². The number of carbonyl (C=O) groups excluding carboxylic acids is 2. The van der Waals surface area contributed by atoms with E-state index < -0.39 is 17.9 Å². The number of hydrogen-bond donors (Lipinski definition) is 2. The first-order valence-corrected chi connectivity index (χ1v) is 11.9. The van der Waals surface area contributed by atoms with Crippen LogP contribution in [0.15, 0.2) is 66.7 Å².